The van der Waals surface area contributed by atoms with Gasteiger partial charge in [-0.1, -0.05) is 181 Å². The minimum atomic E-state index is 1.23. The molecule has 0 unspecified atom stereocenters. The van der Waals surface area contributed by atoms with E-state index in [-0.39, 0.29) is 0 Å². The van der Waals surface area contributed by atoms with E-state index in [2.05, 4.69) is 42.3 Å². The molecule has 1 aromatic heterocycles. The summed E-state index contributed by atoms with van der Waals surface area (Å²) in [6, 6.07) is 0. The number of unbranched alkanes of at least 4 members (excludes halogenated alkanes) is 27. The maximum Gasteiger partial charge on any atom is 0.256 e. The van der Waals surface area contributed by atoms with Crippen molar-refractivity contribution in [1.29, 1.82) is 0 Å². The van der Waals surface area contributed by atoms with Crippen LogP contribution in [0.1, 0.15) is 219 Å². The van der Waals surface area contributed by atoms with E-state index in [1.54, 1.807) is 5.82 Å². The molecule has 242 valence electrons. The molecule has 0 amide bonds. The normalized spacial score (nSPS) is 11.6. The minimum Gasteiger partial charge on any atom is -0.234 e. The standard InChI is InChI=1S/C39H77N2/c1-4-7-10-13-16-19-20-21-22-23-24-27-30-33-36-41-38-37-40(35-32-29-26-18-15-12-9-6-3)39(41)34-31-28-25-17-14-11-8-5-2/h37-38H,4-36H2,1-3H3/q+1. The van der Waals surface area contributed by atoms with Crippen molar-refractivity contribution < 1.29 is 4.57 Å². The Labute approximate surface area is 259 Å². The van der Waals surface area contributed by atoms with E-state index in [4.69, 9.17) is 0 Å². The highest BCUT2D eigenvalue weighted by Gasteiger charge is 2.16. The molecule has 1 rings (SSSR count). The summed E-state index contributed by atoms with van der Waals surface area (Å²) in [5.41, 5.74) is 0. The Kier molecular flexibility index (Phi) is 28.6. The van der Waals surface area contributed by atoms with Gasteiger partial charge >= 0.3 is 0 Å². The van der Waals surface area contributed by atoms with Gasteiger partial charge in [0.15, 0.2) is 0 Å². The molecule has 2 nitrogen and oxygen atoms in total. The fourth-order valence-electron chi connectivity index (χ4n) is 6.50. The SMILES string of the molecule is CCCCCCCCCCCCCCCCn1cc[n+](CCCCCCCCCC)c1CCCCCCCCCC. The average Bonchev–Trinajstić information content (AvgIpc) is 3.37. The monoisotopic (exact) mass is 574 g/mol. The van der Waals surface area contributed by atoms with Crippen LogP contribution in [0, 0.1) is 0 Å². The summed E-state index contributed by atoms with van der Waals surface area (Å²) in [5.74, 6) is 1.62. The fourth-order valence-corrected chi connectivity index (χ4v) is 6.50. The van der Waals surface area contributed by atoms with Crippen LogP contribution in [0.4, 0.5) is 0 Å². The molecule has 0 bridgehead atoms. The maximum atomic E-state index is 2.63. The van der Waals surface area contributed by atoms with Crippen molar-refractivity contribution in [2.75, 3.05) is 0 Å². The first kappa shape index (κ1) is 38.2. The predicted molar refractivity (Wildman–Crippen MR) is 184 cm³/mol. The van der Waals surface area contributed by atoms with E-state index in [1.807, 2.05) is 0 Å². The van der Waals surface area contributed by atoms with Gasteiger partial charge in [-0.25, -0.2) is 9.13 Å². The maximum absolute atomic E-state index is 2.63. The second-order valence-corrected chi connectivity index (χ2v) is 13.4. The summed E-state index contributed by atoms with van der Waals surface area (Å²) in [5, 5.41) is 0. The molecule has 1 aromatic rings. The van der Waals surface area contributed by atoms with E-state index in [1.165, 1.54) is 212 Å². The second kappa shape index (κ2) is 30.7. The number of nitrogens with zero attached hydrogens (tertiary/aromatic N) is 2. The van der Waals surface area contributed by atoms with Crippen LogP contribution in [0.15, 0.2) is 12.4 Å². The van der Waals surface area contributed by atoms with Crippen molar-refractivity contribution in [1.82, 2.24) is 4.57 Å². The van der Waals surface area contributed by atoms with Crippen LogP contribution < -0.4 is 4.57 Å². The van der Waals surface area contributed by atoms with E-state index in [9.17, 15) is 0 Å². The minimum absolute atomic E-state index is 1.23. The fraction of sp³-hybridized carbons (Fsp3) is 0.923. The molecule has 0 atom stereocenters. The van der Waals surface area contributed by atoms with Gasteiger partial charge in [0.25, 0.3) is 5.82 Å². The first-order chi connectivity index (χ1) is 20.3. The van der Waals surface area contributed by atoms with Gasteiger partial charge in [-0.2, -0.15) is 0 Å². The molecule has 0 aromatic carbocycles. The molecule has 0 saturated carbocycles. The van der Waals surface area contributed by atoms with Crippen molar-refractivity contribution in [2.24, 2.45) is 0 Å². The lowest BCUT2D eigenvalue weighted by Crippen LogP contribution is -2.37. The van der Waals surface area contributed by atoms with Gasteiger partial charge in [-0.05, 0) is 32.1 Å². The van der Waals surface area contributed by atoms with Crippen LogP contribution in [0.2, 0.25) is 0 Å². The molecule has 0 aliphatic carbocycles. The quantitative estimate of drug-likeness (QED) is 0.0584. The Balaban J connectivity index is 2.26. The number of imidazole rings is 1. The third-order valence-electron chi connectivity index (χ3n) is 9.35. The Morgan fingerprint density at radius 1 is 0.415 bits per heavy atom. The molecule has 0 aliphatic heterocycles. The molecule has 0 radical (unpaired) electrons. The molecule has 0 spiro atoms. The third kappa shape index (κ3) is 23.4. The molecular weight excluding hydrogens is 496 g/mol. The number of aryl methyl sites for hydroxylation is 2. The summed E-state index contributed by atoms with van der Waals surface area (Å²) in [4.78, 5) is 0. The third-order valence-corrected chi connectivity index (χ3v) is 9.35. The molecule has 0 saturated heterocycles. The molecule has 2 heteroatoms. The number of aromatic nitrogens is 2. The smallest absolute Gasteiger partial charge is 0.234 e. The largest absolute Gasteiger partial charge is 0.256 e. The molecule has 0 N–H and O–H groups in total. The molecule has 1 heterocycles. The lowest BCUT2D eigenvalue weighted by Gasteiger charge is -2.07. The van der Waals surface area contributed by atoms with Crippen LogP contribution in [-0.2, 0) is 19.5 Å². The van der Waals surface area contributed by atoms with Crippen LogP contribution in [-0.4, -0.2) is 4.57 Å². The van der Waals surface area contributed by atoms with E-state index >= 15 is 0 Å². The van der Waals surface area contributed by atoms with Gasteiger partial charge in [0.05, 0.1) is 13.1 Å². The zero-order chi connectivity index (χ0) is 29.5. The van der Waals surface area contributed by atoms with Gasteiger partial charge in [0, 0.05) is 6.42 Å². The number of rotatable bonds is 33. The Morgan fingerprint density at radius 2 is 0.756 bits per heavy atom. The lowest BCUT2D eigenvalue weighted by molar-refractivity contribution is -0.704. The molecule has 0 fully saturated rings. The Morgan fingerprint density at radius 3 is 1.17 bits per heavy atom. The highest BCUT2D eigenvalue weighted by atomic mass is 15.1. The highest BCUT2D eigenvalue weighted by molar-refractivity contribution is 4.84. The van der Waals surface area contributed by atoms with Crippen LogP contribution in [0.3, 0.4) is 0 Å². The molecule has 0 aliphatic rings. The van der Waals surface area contributed by atoms with Gasteiger partial charge in [0.2, 0.25) is 0 Å². The van der Waals surface area contributed by atoms with Crippen LogP contribution >= 0.6 is 0 Å². The Bertz CT molecular complexity index is 634. The van der Waals surface area contributed by atoms with Gasteiger partial charge in [-0.3, -0.25) is 0 Å². The van der Waals surface area contributed by atoms with E-state index in [0.29, 0.717) is 0 Å². The second-order valence-electron chi connectivity index (χ2n) is 13.4. The Hall–Kier alpha value is -0.790. The van der Waals surface area contributed by atoms with Gasteiger partial charge in [0.1, 0.15) is 12.4 Å². The zero-order valence-electron chi connectivity index (χ0n) is 28.9. The highest BCUT2D eigenvalue weighted by Crippen LogP contribution is 2.15. The summed E-state index contributed by atoms with van der Waals surface area (Å²) in [6.45, 7) is 9.40. The average molecular weight is 574 g/mol. The first-order valence-electron chi connectivity index (χ1n) is 19.4. The summed E-state index contributed by atoms with van der Waals surface area (Å²) in [6.07, 6.45) is 48.9. The summed E-state index contributed by atoms with van der Waals surface area (Å²) >= 11 is 0. The van der Waals surface area contributed by atoms with Crippen LogP contribution in [0.5, 0.6) is 0 Å². The molecule has 41 heavy (non-hydrogen) atoms. The number of hydrogen-bond acceptors (Lipinski definition) is 0. The summed E-state index contributed by atoms with van der Waals surface area (Å²) < 4.78 is 5.26. The van der Waals surface area contributed by atoms with Crippen molar-refractivity contribution in [3.05, 3.63) is 18.2 Å². The van der Waals surface area contributed by atoms with Crippen molar-refractivity contribution in [3.63, 3.8) is 0 Å². The first-order valence-corrected chi connectivity index (χ1v) is 19.4. The lowest BCUT2D eigenvalue weighted by atomic mass is 10.0. The van der Waals surface area contributed by atoms with Crippen LogP contribution in [0.25, 0.3) is 0 Å². The number of hydrogen-bond donors (Lipinski definition) is 0. The van der Waals surface area contributed by atoms with Crippen molar-refractivity contribution in [3.8, 4) is 0 Å². The van der Waals surface area contributed by atoms with Crippen molar-refractivity contribution in [2.45, 2.75) is 233 Å². The van der Waals surface area contributed by atoms with Crippen molar-refractivity contribution >= 4 is 0 Å². The van der Waals surface area contributed by atoms with E-state index in [0.717, 1.165) is 0 Å². The zero-order valence-corrected chi connectivity index (χ0v) is 28.9. The summed E-state index contributed by atoms with van der Waals surface area (Å²) in [7, 11) is 0. The van der Waals surface area contributed by atoms with Gasteiger partial charge in [-0.15, -0.1) is 0 Å². The predicted octanol–water partition coefficient (Wildman–Crippen LogP) is 13.1. The molecular formula is C39H77N2+. The topological polar surface area (TPSA) is 8.81 Å². The van der Waals surface area contributed by atoms with Gasteiger partial charge < -0.3 is 0 Å². The van der Waals surface area contributed by atoms with E-state index < -0.39 is 0 Å².